The normalized spacial score (nSPS) is 10.6. The largest absolute Gasteiger partial charge is 0.394 e. The Morgan fingerprint density at radius 2 is 2.26 bits per heavy atom. The zero-order valence-corrected chi connectivity index (χ0v) is 13.5. The quantitative estimate of drug-likeness (QED) is 0.673. The van der Waals surface area contributed by atoms with Crippen molar-refractivity contribution in [2.24, 2.45) is 0 Å². The fourth-order valence-corrected chi connectivity index (χ4v) is 2.19. The van der Waals surface area contributed by atoms with Crippen LogP contribution in [0.25, 0.3) is 11.3 Å². The molecule has 124 valence electrons. The van der Waals surface area contributed by atoms with Crippen LogP contribution in [0, 0.1) is 0 Å². The van der Waals surface area contributed by atoms with Gasteiger partial charge in [0.25, 0.3) is 0 Å². The molecule has 7 nitrogen and oxygen atoms in total. The molecule has 0 bridgehead atoms. The number of ether oxygens (including phenoxy) is 1. The van der Waals surface area contributed by atoms with Gasteiger partial charge in [-0.15, -0.1) is 0 Å². The zero-order chi connectivity index (χ0) is 16.7. The summed E-state index contributed by atoms with van der Waals surface area (Å²) in [4.78, 5) is 11.8. The van der Waals surface area contributed by atoms with E-state index in [1.165, 1.54) is 4.68 Å². The maximum absolute atomic E-state index is 11.8. The number of nitrogens with zero attached hydrogens (tertiary/aromatic N) is 2. The van der Waals surface area contributed by atoms with Crippen molar-refractivity contribution < 1.29 is 14.6 Å². The Labute approximate surface area is 139 Å². The Kier molecular flexibility index (Phi) is 6.40. The second kappa shape index (κ2) is 8.52. The van der Waals surface area contributed by atoms with Gasteiger partial charge in [0.2, 0.25) is 0 Å². The Bertz CT molecular complexity index is 660. The Balaban J connectivity index is 2.16. The summed E-state index contributed by atoms with van der Waals surface area (Å²) in [5, 5.41) is 19.5. The summed E-state index contributed by atoms with van der Waals surface area (Å²) in [5.74, 6) is 0.490. The highest BCUT2D eigenvalue weighted by molar-refractivity contribution is 6.30. The maximum Gasteiger partial charge on any atom is 0.320 e. The van der Waals surface area contributed by atoms with E-state index in [-0.39, 0.29) is 19.2 Å². The van der Waals surface area contributed by atoms with E-state index >= 15 is 0 Å². The molecule has 8 heteroatoms. The van der Waals surface area contributed by atoms with E-state index in [0.717, 1.165) is 5.56 Å². The van der Waals surface area contributed by atoms with Gasteiger partial charge in [-0.2, -0.15) is 5.10 Å². The van der Waals surface area contributed by atoms with Crippen LogP contribution in [0.15, 0.2) is 30.3 Å². The highest BCUT2D eigenvalue weighted by atomic mass is 35.5. The molecule has 1 aromatic heterocycles. The molecule has 0 aliphatic heterocycles. The van der Waals surface area contributed by atoms with Crippen LogP contribution in [0.1, 0.15) is 0 Å². The summed E-state index contributed by atoms with van der Waals surface area (Å²) in [5.41, 5.74) is 1.49. The van der Waals surface area contributed by atoms with Crippen LogP contribution in [0.4, 0.5) is 10.6 Å². The highest BCUT2D eigenvalue weighted by Crippen LogP contribution is 2.24. The number of benzene rings is 1. The standard InChI is InChI=1S/C15H19ClN4O3/c1-23-8-5-17-15(22)18-14-10-13(19-20(14)6-7-21)11-3-2-4-12(16)9-11/h2-4,9-10,21H,5-8H2,1H3,(H2,17,18,22). The average molecular weight is 339 g/mol. The first-order valence-electron chi connectivity index (χ1n) is 7.12. The molecule has 0 radical (unpaired) electrons. The average Bonchev–Trinajstić information content (AvgIpc) is 2.91. The van der Waals surface area contributed by atoms with Gasteiger partial charge in [-0.1, -0.05) is 23.7 Å². The minimum Gasteiger partial charge on any atom is -0.394 e. The number of amides is 2. The van der Waals surface area contributed by atoms with E-state index in [4.69, 9.17) is 21.4 Å². The molecule has 2 amide bonds. The van der Waals surface area contributed by atoms with Gasteiger partial charge < -0.3 is 15.2 Å². The van der Waals surface area contributed by atoms with Gasteiger partial charge in [0.15, 0.2) is 0 Å². The summed E-state index contributed by atoms with van der Waals surface area (Å²) < 4.78 is 6.41. The van der Waals surface area contributed by atoms with Crippen molar-refractivity contribution in [3.8, 4) is 11.3 Å². The number of hydrogen-bond acceptors (Lipinski definition) is 4. The Hall–Kier alpha value is -2.09. The minimum absolute atomic E-state index is 0.0867. The van der Waals surface area contributed by atoms with Crippen LogP contribution in [0.2, 0.25) is 5.02 Å². The summed E-state index contributed by atoms with van der Waals surface area (Å²) in [6.45, 7) is 1.01. The van der Waals surface area contributed by atoms with Crippen LogP contribution in [-0.4, -0.2) is 47.8 Å². The molecule has 0 unspecified atom stereocenters. The number of hydrogen-bond donors (Lipinski definition) is 3. The SMILES string of the molecule is COCCNC(=O)Nc1cc(-c2cccc(Cl)c2)nn1CCO. The van der Waals surface area contributed by atoms with Gasteiger partial charge in [0.05, 0.1) is 25.5 Å². The van der Waals surface area contributed by atoms with E-state index < -0.39 is 0 Å². The summed E-state index contributed by atoms with van der Waals surface area (Å²) in [6.07, 6.45) is 0. The Morgan fingerprint density at radius 1 is 1.43 bits per heavy atom. The van der Waals surface area contributed by atoms with Crippen LogP contribution < -0.4 is 10.6 Å². The third-order valence-electron chi connectivity index (χ3n) is 3.05. The number of urea groups is 1. The number of aliphatic hydroxyl groups is 1. The number of aromatic nitrogens is 2. The number of rotatable bonds is 7. The highest BCUT2D eigenvalue weighted by Gasteiger charge is 2.12. The van der Waals surface area contributed by atoms with E-state index in [1.807, 2.05) is 12.1 Å². The van der Waals surface area contributed by atoms with E-state index in [9.17, 15) is 4.79 Å². The fourth-order valence-electron chi connectivity index (χ4n) is 2.00. The molecule has 0 aliphatic rings. The van der Waals surface area contributed by atoms with Gasteiger partial charge in [-0.3, -0.25) is 5.32 Å². The van der Waals surface area contributed by atoms with Gasteiger partial charge in [-0.05, 0) is 12.1 Å². The number of anilines is 1. The second-order valence-corrected chi connectivity index (χ2v) is 5.18. The van der Waals surface area contributed by atoms with Crippen molar-refractivity contribution in [1.82, 2.24) is 15.1 Å². The van der Waals surface area contributed by atoms with Crippen molar-refractivity contribution >= 4 is 23.4 Å². The molecular formula is C15H19ClN4O3. The molecule has 23 heavy (non-hydrogen) atoms. The van der Waals surface area contributed by atoms with E-state index in [2.05, 4.69) is 15.7 Å². The predicted octanol–water partition coefficient (Wildman–Crippen LogP) is 1.96. The van der Waals surface area contributed by atoms with E-state index in [1.54, 1.807) is 25.3 Å². The van der Waals surface area contributed by atoms with Crippen molar-refractivity contribution in [2.45, 2.75) is 6.54 Å². The van der Waals surface area contributed by atoms with Crippen LogP contribution in [0.5, 0.6) is 0 Å². The van der Waals surface area contributed by atoms with E-state index in [0.29, 0.717) is 29.7 Å². The predicted molar refractivity (Wildman–Crippen MR) is 88.7 cm³/mol. The van der Waals surface area contributed by atoms with Gasteiger partial charge in [-0.25, -0.2) is 9.48 Å². The Morgan fingerprint density at radius 3 is 2.96 bits per heavy atom. The molecule has 0 fully saturated rings. The minimum atomic E-state index is -0.362. The molecule has 1 aromatic carbocycles. The summed E-state index contributed by atoms with van der Waals surface area (Å²) >= 11 is 5.99. The lowest BCUT2D eigenvalue weighted by atomic mass is 10.1. The number of halogens is 1. The first-order chi connectivity index (χ1) is 11.1. The lowest BCUT2D eigenvalue weighted by Crippen LogP contribution is -2.32. The number of nitrogens with one attached hydrogen (secondary N) is 2. The molecule has 0 spiro atoms. The number of methoxy groups -OCH3 is 1. The molecule has 3 N–H and O–H groups in total. The summed E-state index contributed by atoms with van der Waals surface area (Å²) in [6, 6.07) is 8.64. The monoisotopic (exact) mass is 338 g/mol. The van der Waals surface area contributed by atoms with Crippen molar-refractivity contribution in [1.29, 1.82) is 0 Å². The summed E-state index contributed by atoms with van der Waals surface area (Å²) in [7, 11) is 1.56. The lowest BCUT2D eigenvalue weighted by Gasteiger charge is -2.08. The number of aliphatic hydroxyl groups excluding tert-OH is 1. The first-order valence-corrected chi connectivity index (χ1v) is 7.50. The molecule has 0 saturated heterocycles. The topological polar surface area (TPSA) is 88.4 Å². The lowest BCUT2D eigenvalue weighted by molar-refractivity contribution is 0.198. The fraction of sp³-hybridized carbons (Fsp3) is 0.333. The molecule has 2 rings (SSSR count). The third-order valence-corrected chi connectivity index (χ3v) is 3.28. The zero-order valence-electron chi connectivity index (χ0n) is 12.8. The van der Waals surface area contributed by atoms with Crippen LogP contribution in [0.3, 0.4) is 0 Å². The van der Waals surface area contributed by atoms with Crippen LogP contribution >= 0.6 is 11.6 Å². The van der Waals surface area contributed by atoms with Gasteiger partial charge in [0.1, 0.15) is 5.82 Å². The molecule has 1 heterocycles. The second-order valence-electron chi connectivity index (χ2n) is 4.75. The van der Waals surface area contributed by atoms with Crippen molar-refractivity contribution in [3.05, 3.63) is 35.4 Å². The van der Waals surface area contributed by atoms with Gasteiger partial charge in [0, 0.05) is 30.3 Å². The molecule has 2 aromatic rings. The molecular weight excluding hydrogens is 320 g/mol. The molecule has 0 saturated carbocycles. The first kappa shape index (κ1) is 17.3. The van der Waals surface area contributed by atoms with Gasteiger partial charge >= 0.3 is 6.03 Å². The molecule has 0 aliphatic carbocycles. The van der Waals surface area contributed by atoms with Crippen molar-refractivity contribution in [3.63, 3.8) is 0 Å². The number of carbonyl (C=O) groups is 1. The number of carbonyl (C=O) groups excluding carboxylic acids is 1. The van der Waals surface area contributed by atoms with Crippen LogP contribution in [-0.2, 0) is 11.3 Å². The molecule has 0 atom stereocenters. The third kappa shape index (κ3) is 4.95. The smallest absolute Gasteiger partial charge is 0.320 e. The van der Waals surface area contributed by atoms with Crippen molar-refractivity contribution in [2.75, 3.05) is 32.2 Å². The maximum atomic E-state index is 11.8.